The average molecular weight is 275 g/mol. The maximum absolute atomic E-state index is 5.51. The van der Waals surface area contributed by atoms with Crippen molar-refractivity contribution >= 4 is 0 Å². The fraction of sp³-hybridized carbons (Fsp3) is 0.875. The first-order valence-corrected chi connectivity index (χ1v) is 8.21. The van der Waals surface area contributed by atoms with Crippen LogP contribution in [0, 0.1) is 23.2 Å². The van der Waals surface area contributed by atoms with Crippen molar-refractivity contribution in [2.75, 3.05) is 13.6 Å². The normalized spacial score (nSPS) is 38.5. The Morgan fingerprint density at radius 3 is 2.40 bits per heavy atom. The first-order valence-electron chi connectivity index (χ1n) is 8.21. The first kappa shape index (κ1) is 12.8. The molecule has 0 radical (unpaired) electrons. The zero-order chi connectivity index (χ0) is 13.6. The summed E-state index contributed by atoms with van der Waals surface area (Å²) in [7, 11) is 1.95. The van der Waals surface area contributed by atoms with E-state index in [1.165, 1.54) is 38.5 Å². The summed E-state index contributed by atoms with van der Waals surface area (Å²) < 4.78 is 5.51. The van der Waals surface area contributed by atoms with Crippen molar-refractivity contribution in [3.05, 3.63) is 11.7 Å². The van der Waals surface area contributed by atoms with E-state index in [4.69, 9.17) is 4.52 Å². The van der Waals surface area contributed by atoms with Crippen LogP contribution in [-0.4, -0.2) is 23.7 Å². The minimum atomic E-state index is 0.502. The molecule has 4 bridgehead atoms. The summed E-state index contributed by atoms with van der Waals surface area (Å²) >= 11 is 0. The molecule has 0 unspecified atom stereocenters. The number of rotatable bonds is 5. The summed E-state index contributed by atoms with van der Waals surface area (Å²) in [5.41, 5.74) is 0.502. The monoisotopic (exact) mass is 275 g/mol. The third kappa shape index (κ3) is 2.28. The number of nitrogens with zero attached hydrogens (tertiary/aromatic N) is 2. The van der Waals surface area contributed by atoms with Crippen LogP contribution < -0.4 is 5.32 Å². The minimum Gasteiger partial charge on any atom is -0.339 e. The predicted octanol–water partition coefficient (Wildman–Crippen LogP) is 2.59. The zero-order valence-electron chi connectivity index (χ0n) is 12.4. The van der Waals surface area contributed by atoms with Crippen molar-refractivity contribution < 1.29 is 4.52 Å². The van der Waals surface area contributed by atoms with Crippen molar-refractivity contribution in [1.82, 2.24) is 15.5 Å². The highest BCUT2D eigenvalue weighted by Crippen LogP contribution is 2.60. The lowest BCUT2D eigenvalue weighted by atomic mass is 9.49. The molecule has 110 valence electrons. The number of nitrogens with one attached hydrogen (secondary N) is 1. The van der Waals surface area contributed by atoms with Crippen molar-refractivity contribution in [2.45, 2.75) is 51.4 Å². The summed E-state index contributed by atoms with van der Waals surface area (Å²) in [6.45, 7) is 0.913. The zero-order valence-corrected chi connectivity index (χ0v) is 12.4. The second-order valence-corrected chi connectivity index (χ2v) is 7.55. The van der Waals surface area contributed by atoms with Crippen molar-refractivity contribution in [1.29, 1.82) is 0 Å². The Balaban J connectivity index is 1.47. The molecule has 5 rings (SSSR count). The van der Waals surface area contributed by atoms with Gasteiger partial charge in [-0.05, 0) is 68.7 Å². The third-order valence-electron chi connectivity index (χ3n) is 5.80. The molecule has 0 amide bonds. The van der Waals surface area contributed by atoms with E-state index < -0.39 is 0 Å². The van der Waals surface area contributed by atoms with E-state index in [-0.39, 0.29) is 0 Å². The second kappa shape index (κ2) is 4.83. The Morgan fingerprint density at radius 2 is 1.80 bits per heavy atom. The fourth-order valence-corrected chi connectivity index (χ4v) is 5.53. The van der Waals surface area contributed by atoms with Gasteiger partial charge in [-0.1, -0.05) is 5.16 Å². The SMILES string of the molecule is CNCCc1noc(CC23CC4CC(CC(C4)C2)C3)n1. The minimum absolute atomic E-state index is 0.502. The van der Waals surface area contributed by atoms with Gasteiger partial charge < -0.3 is 9.84 Å². The lowest BCUT2D eigenvalue weighted by Crippen LogP contribution is -2.47. The van der Waals surface area contributed by atoms with Crippen LogP contribution in [0.25, 0.3) is 0 Å². The molecule has 1 aromatic rings. The summed E-state index contributed by atoms with van der Waals surface area (Å²) in [4.78, 5) is 4.61. The van der Waals surface area contributed by atoms with Crippen LogP contribution in [0.2, 0.25) is 0 Å². The standard InChI is InChI=1S/C16H25N3O/c1-17-3-2-14-18-15(20-19-14)10-16-7-11-4-12(8-16)6-13(5-11)9-16/h11-13,17H,2-10H2,1H3. The molecule has 0 spiro atoms. The van der Waals surface area contributed by atoms with E-state index in [0.29, 0.717) is 5.41 Å². The Hall–Kier alpha value is -0.900. The highest BCUT2D eigenvalue weighted by Gasteiger charge is 2.51. The van der Waals surface area contributed by atoms with E-state index in [1.54, 1.807) is 0 Å². The molecule has 4 fully saturated rings. The molecular weight excluding hydrogens is 250 g/mol. The van der Waals surface area contributed by atoms with Crippen LogP contribution >= 0.6 is 0 Å². The number of hydrogen-bond donors (Lipinski definition) is 1. The summed E-state index contributed by atoms with van der Waals surface area (Å²) in [6.07, 6.45) is 10.6. The maximum Gasteiger partial charge on any atom is 0.227 e. The Morgan fingerprint density at radius 1 is 1.15 bits per heavy atom. The Kier molecular flexibility index (Phi) is 3.09. The van der Waals surface area contributed by atoms with Crippen molar-refractivity contribution in [3.63, 3.8) is 0 Å². The molecule has 4 nitrogen and oxygen atoms in total. The van der Waals surface area contributed by atoms with Crippen molar-refractivity contribution in [3.8, 4) is 0 Å². The lowest BCUT2D eigenvalue weighted by molar-refractivity contribution is -0.0556. The van der Waals surface area contributed by atoms with Gasteiger partial charge in [0.25, 0.3) is 0 Å². The second-order valence-electron chi connectivity index (χ2n) is 7.55. The Labute approximate surface area is 120 Å². The number of hydrogen-bond acceptors (Lipinski definition) is 4. The van der Waals surface area contributed by atoms with Gasteiger partial charge in [0, 0.05) is 19.4 Å². The van der Waals surface area contributed by atoms with Crippen LogP contribution in [0.3, 0.4) is 0 Å². The first-order chi connectivity index (χ1) is 9.75. The van der Waals surface area contributed by atoms with E-state index in [1.807, 2.05) is 7.05 Å². The van der Waals surface area contributed by atoms with Gasteiger partial charge in [-0.3, -0.25) is 0 Å². The van der Waals surface area contributed by atoms with E-state index in [0.717, 1.165) is 48.9 Å². The van der Waals surface area contributed by atoms with Gasteiger partial charge in [0.2, 0.25) is 5.89 Å². The molecule has 0 aliphatic heterocycles. The molecule has 0 atom stereocenters. The van der Waals surface area contributed by atoms with Gasteiger partial charge in [0.05, 0.1) is 0 Å². The molecule has 0 saturated heterocycles. The number of likely N-dealkylation sites (N-methyl/N-ethyl adjacent to an activating group) is 1. The van der Waals surface area contributed by atoms with Gasteiger partial charge in [0.1, 0.15) is 0 Å². The highest BCUT2D eigenvalue weighted by molar-refractivity contribution is 5.05. The van der Waals surface area contributed by atoms with E-state index in [9.17, 15) is 0 Å². The quantitative estimate of drug-likeness (QED) is 0.897. The molecule has 4 saturated carbocycles. The number of aromatic nitrogens is 2. The van der Waals surface area contributed by atoms with Gasteiger partial charge in [-0.25, -0.2) is 0 Å². The molecule has 1 N–H and O–H groups in total. The molecule has 4 aliphatic carbocycles. The van der Waals surface area contributed by atoms with Crippen LogP contribution in [0.15, 0.2) is 4.52 Å². The maximum atomic E-state index is 5.51. The smallest absolute Gasteiger partial charge is 0.227 e. The average Bonchev–Trinajstić information content (AvgIpc) is 2.81. The molecular formula is C16H25N3O. The summed E-state index contributed by atoms with van der Waals surface area (Å²) in [5.74, 6) is 4.73. The topological polar surface area (TPSA) is 51.0 Å². The molecule has 1 aromatic heterocycles. The van der Waals surface area contributed by atoms with E-state index >= 15 is 0 Å². The predicted molar refractivity (Wildman–Crippen MR) is 76.2 cm³/mol. The molecule has 20 heavy (non-hydrogen) atoms. The largest absolute Gasteiger partial charge is 0.339 e. The lowest BCUT2D eigenvalue weighted by Gasteiger charge is -2.56. The van der Waals surface area contributed by atoms with Gasteiger partial charge in [0.15, 0.2) is 5.82 Å². The van der Waals surface area contributed by atoms with E-state index in [2.05, 4.69) is 15.5 Å². The summed E-state index contributed by atoms with van der Waals surface area (Å²) in [5, 5.41) is 7.26. The Bertz CT molecular complexity index is 447. The molecule has 4 heteroatoms. The van der Waals surface area contributed by atoms with Crippen LogP contribution in [0.5, 0.6) is 0 Å². The summed E-state index contributed by atoms with van der Waals surface area (Å²) in [6, 6.07) is 0. The molecule has 1 heterocycles. The van der Waals surface area contributed by atoms with Gasteiger partial charge in [-0.2, -0.15) is 4.98 Å². The van der Waals surface area contributed by atoms with Gasteiger partial charge >= 0.3 is 0 Å². The van der Waals surface area contributed by atoms with Crippen LogP contribution in [0.4, 0.5) is 0 Å². The fourth-order valence-electron chi connectivity index (χ4n) is 5.53. The molecule has 4 aliphatic rings. The highest BCUT2D eigenvalue weighted by atomic mass is 16.5. The molecule has 0 aromatic carbocycles. The van der Waals surface area contributed by atoms with Crippen LogP contribution in [-0.2, 0) is 12.8 Å². The third-order valence-corrected chi connectivity index (χ3v) is 5.80. The van der Waals surface area contributed by atoms with Crippen LogP contribution in [0.1, 0.15) is 50.2 Å². The van der Waals surface area contributed by atoms with Gasteiger partial charge in [-0.15, -0.1) is 0 Å². The van der Waals surface area contributed by atoms with Crippen molar-refractivity contribution in [2.24, 2.45) is 23.2 Å².